The van der Waals surface area contributed by atoms with E-state index in [1.165, 1.54) is 23.5 Å². The van der Waals surface area contributed by atoms with Gasteiger partial charge in [0.15, 0.2) is 5.78 Å². The second-order valence-corrected chi connectivity index (χ2v) is 6.59. The van der Waals surface area contributed by atoms with E-state index in [2.05, 4.69) is 0 Å². The van der Waals surface area contributed by atoms with Crippen molar-refractivity contribution in [2.24, 2.45) is 0 Å². The maximum absolute atomic E-state index is 12.6. The van der Waals surface area contributed by atoms with Gasteiger partial charge in [0, 0.05) is 11.3 Å². The highest BCUT2D eigenvalue weighted by molar-refractivity contribution is 7.17. The predicted molar refractivity (Wildman–Crippen MR) is 90.9 cm³/mol. The number of halogens is 3. The largest absolute Gasteiger partial charge is 0.508 e. The molecule has 0 saturated carbocycles. The Morgan fingerprint density at radius 2 is 1.56 bits per heavy atom. The van der Waals surface area contributed by atoms with Gasteiger partial charge in [-0.05, 0) is 59.7 Å². The predicted octanol–water partition coefficient (Wildman–Crippen LogP) is 5.56. The molecule has 0 bridgehead atoms. The number of rotatable bonds is 4. The van der Waals surface area contributed by atoms with Gasteiger partial charge in [0.05, 0.1) is 10.4 Å². The summed E-state index contributed by atoms with van der Waals surface area (Å²) in [5, 5.41) is 9.31. The van der Waals surface area contributed by atoms with E-state index in [1.807, 2.05) is 6.07 Å². The molecule has 0 radical (unpaired) electrons. The molecule has 2 aromatic carbocycles. The van der Waals surface area contributed by atoms with Crippen molar-refractivity contribution in [3.05, 3.63) is 76.7 Å². The van der Waals surface area contributed by atoms with Gasteiger partial charge in [0.1, 0.15) is 5.75 Å². The number of ketones is 1. The van der Waals surface area contributed by atoms with E-state index in [1.54, 1.807) is 30.3 Å². The number of aromatic hydroxyl groups is 1. The van der Waals surface area contributed by atoms with Crippen LogP contribution in [0.25, 0.3) is 10.4 Å². The van der Waals surface area contributed by atoms with Gasteiger partial charge in [-0.1, -0.05) is 12.1 Å². The molecule has 0 amide bonds. The first kappa shape index (κ1) is 17.2. The Bertz CT molecular complexity index is 878. The second kappa shape index (κ2) is 6.72. The third-order valence-corrected chi connectivity index (χ3v) is 4.85. The minimum absolute atomic E-state index is 0.0493. The van der Waals surface area contributed by atoms with E-state index in [0.717, 1.165) is 22.6 Å². The van der Waals surface area contributed by atoms with Crippen molar-refractivity contribution in [3.8, 4) is 16.2 Å². The molecule has 0 saturated heterocycles. The average Bonchev–Trinajstić information content (AvgIpc) is 3.05. The van der Waals surface area contributed by atoms with Crippen LogP contribution in [0.3, 0.4) is 0 Å². The minimum atomic E-state index is -4.38. The number of phenols is 1. The van der Waals surface area contributed by atoms with Crippen LogP contribution in [0.1, 0.15) is 20.8 Å². The van der Waals surface area contributed by atoms with Crippen LogP contribution in [0.5, 0.6) is 5.75 Å². The summed E-state index contributed by atoms with van der Waals surface area (Å²) in [6, 6.07) is 14.8. The first-order valence-electron chi connectivity index (χ1n) is 7.41. The summed E-state index contributed by atoms with van der Waals surface area (Å²) >= 11 is 1.32. The molecule has 0 spiro atoms. The number of hydrogen-bond donors (Lipinski definition) is 1. The summed E-state index contributed by atoms with van der Waals surface area (Å²) in [6.45, 7) is 0. The fraction of sp³-hybridized carbons (Fsp3) is 0.105. The number of Topliss-reactive ketones (excluding diaryl/α,β-unsaturated/α-hetero) is 1. The van der Waals surface area contributed by atoms with Gasteiger partial charge in [0.2, 0.25) is 0 Å². The van der Waals surface area contributed by atoms with Crippen LogP contribution < -0.4 is 0 Å². The highest BCUT2D eigenvalue weighted by Gasteiger charge is 2.30. The van der Waals surface area contributed by atoms with Crippen LogP contribution >= 0.6 is 11.3 Å². The van der Waals surface area contributed by atoms with E-state index in [4.69, 9.17) is 0 Å². The highest BCUT2D eigenvalue weighted by atomic mass is 32.1. The molecule has 0 aliphatic carbocycles. The normalized spacial score (nSPS) is 11.5. The lowest BCUT2D eigenvalue weighted by atomic mass is 10.1. The molecule has 1 N–H and O–H groups in total. The Balaban J connectivity index is 1.72. The monoisotopic (exact) mass is 362 g/mol. The molecule has 3 rings (SSSR count). The summed E-state index contributed by atoms with van der Waals surface area (Å²) in [4.78, 5) is 13.8. The van der Waals surface area contributed by atoms with Crippen molar-refractivity contribution in [2.75, 3.05) is 0 Å². The summed E-state index contributed by atoms with van der Waals surface area (Å²) < 4.78 is 37.7. The van der Waals surface area contributed by atoms with Gasteiger partial charge in [-0.3, -0.25) is 4.79 Å². The molecule has 128 valence electrons. The molecule has 0 aliphatic rings. The summed E-state index contributed by atoms with van der Waals surface area (Å²) in [6.07, 6.45) is -4.33. The summed E-state index contributed by atoms with van der Waals surface area (Å²) in [5.41, 5.74) is 0.698. The molecule has 1 aromatic heterocycles. The third-order valence-electron chi connectivity index (χ3n) is 3.68. The van der Waals surface area contributed by atoms with E-state index in [9.17, 15) is 23.1 Å². The molecule has 25 heavy (non-hydrogen) atoms. The Kier molecular flexibility index (Phi) is 4.63. The van der Waals surface area contributed by atoms with Crippen molar-refractivity contribution in [1.29, 1.82) is 0 Å². The number of alkyl halides is 3. The molecule has 0 aliphatic heterocycles. The van der Waals surface area contributed by atoms with Crippen molar-refractivity contribution in [1.82, 2.24) is 0 Å². The van der Waals surface area contributed by atoms with Gasteiger partial charge < -0.3 is 5.11 Å². The zero-order valence-electron chi connectivity index (χ0n) is 12.9. The third kappa shape index (κ3) is 4.09. The van der Waals surface area contributed by atoms with Crippen LogP contribution in [0.15, 0.2) is 60.7 Å². The van der Waals surface area contributed by atoms with Gasteiger partial charge in [-0.15, -0.1) is 11.3 Å². The summed E-state index contributed by atoms with van der Waals surface area (Å²) in [7, 11) is 0. The van der Waals surface area contributed by atoms with Gasteiger partial charge >= 0.3 is 6.18 Å². The van der Waals surface area contributed by atoms with Crippen molar-refractivity contribution >= 4 is 17.1 Å². The minimum Gasteiger partial charge on any atom is -0.508 e. The number of thiophene rings is 1. The molecule has 0 atom stereocenters. The maximum atomic E-state index is 12.6. The number of hydrogen-bond acceptors (Lipinski definition) is 3. The Morgan fingerprint density at radius 1 is 0.920 bits per heavy atom. The molecule has 6 heteroatoms. The van der Waals surface area contributed by atoms with Gasteiger partial charge in [0.25, 0.3) is 0 Å². The van der Waals surface area contributed by atoms with E-state index in [-0.39, 0.29) is 18.0 Å². The topological polar surface area (TPSA) is 37.3 Å². The van der Waals surface area contributed by atoms with Crippen molar-refractivity contribution < 1.29 is 23.1 Å². The second-order valence-electron chi connectivity index (χ2n) is 5.51. The summed E-state index contributed by atoms with van der Waals surface area (Å²) in [5.74, 6) is 0.0219. The number of phenolic OH excluding ortho intramolecular Hbond substituents is 1. The average molecular weight is 362 g/mol. The molecular formula is C19H13F3O2S. The van der Waals surface area contributed by atoms with Crippen LogP contribution in [-0.2, 0) is 12.6 Å². The SMILES string of the molecule is O=C(Cc1ccc(C(F)(F)F)cc1)c1ccc(-c2ccc(O)cc2)s1. The zero-order valence-corrected chi connectivity index (χ0v) is 13.7. The van der Waals surface area contributed by atoms with E-state index < -0.39 is 11.7 Å². The molecule has 0 fully saturated rings. The molecular weight excluding hydrogens is 349 g/mol. The molecule has 2 nitrogen and oxygen atoms in total. The Labute approximate surface area is 146 Å². The molecule has 0 unspecified atom stereocenters. The number of benzene rings is 2. The van der Waals surface area contributed by atoms with Crippen molar-refractivity contribution in [2.45, 2.75) is 12.6 Å². The van der Waals surface area contributed by atoms with Gasteiger partial charge in [-0.2, -0.15) is 13.2 Å². The van der Waals surface area contributed by atoms with Crippen LogP contribution in [0.4, 0.5) is 13.2 Å². The standard InChI is InChI=1S/C19H13F3O2S/c20-19(21,22)14-5-1-12(2-6-14)11-16(24)18-10-9-17(25-18)13-3-7-15(23)8-4-13/h1-10,23H,11H2. The Morgan fingerprint density at radius 3 is 2.16 bits per heavy atom. The molecule has 3 aromatic rings. The lowest BCUT2D eigenvalue weighted by Gasteiger charge is -2.07. The number of carbonyl (C=O) groups excluding carboxylic acids is 1. The molecule has 1 heterocycles. The van der Waals surface area contributed by atoms with Crippen molar-refractivity contribution in [3.63, 3.8) is 0 Å². The smallest absolute Gasteiger partial charge is 0.416 e. The Hall–Kier alpha value is -2.60. The first-order chi connectivity index (χ1) is 11.8. The number of carbonyl (C=O) groups is 1. The fourth-order valence-electron chi connectivity index (χ4n) is 2.35. The first-order valence-corrected chi connectivity index (χ1v) is 8.23. The lowest BCUT2D eigenvalue weighted by Crippen LogP contribution is -2.06. The quantitative estimate of drug-likeness (QED) is 0.617. The van der Waals surface area contributed by atoms with E-state index in [0.29, 0.717) is 10.4 Å². The zero-order chi connectivity index (χ0) is 18.0. The lowest BCUT2D eigenvalue weighted by molar-refractivity contribution is -0.137. The van der Waals surface area contributed by atoms with E-state index >= 15 is 0 Å². The van der Waals surface area contributed by atoms with Crippen LogP contribution in [0.2, 0.25) is 0 Å². The van der Waals surface area contributed by atoms with Crippen LogP contribution in [0, 0.1) is 0 Å². The maximum Gasteiger partial charge on any atom is 0.416 e. The highest BCUT2D eigenvalue weighted by Crippen LogP contribution is 2.31. The fourth-order valence-corrected chi connectivity index (χ4v) is 3.30. The van der Waals surface area contributed by atoms with Gasteiger partial charge in [-0.25, -0.2) is 0 Å². The van der Waals surface area contributed by atoms with Crippen LogP contribution in [-0.4, -0.2) is 10.9 Å².